The Morgan fingerprint density at radius 1 is 1.30 bits per heavy atom. The number of hydrogen-bond donors (Lipinski definition) is 2. The molecule has 0 radical (unpaired) electrons. The predicted molar refractivity (Wildman–Crippen MR) is 74.3 cm³/mol. The van der Waals surface area contributed by atoms with Crippen molar-refractivity contribution < 1.29 is 23.1 Å². The number of sulfonamides is 1. The summed E-state index contributed by atoms with van der Waals surface area (Å²) in [6, 6.07) is 5.99. The van der Waals surface area contributed by atoms with Crippen LogP contribution in [-0.4, -0.2) is 32.1 Å². The van der Waals surface area contributed by atoms with Crippen LogP contribution < -0.4 is 9.46 Å². The van der Waals surface area contributed by atoms with Gasteiger partial charge in [-0.05, 0) is 44.5 Å². The highest BCUT2D eigenvalue weighted by atomic mass is 32.2. The molecule has 0 atom stereocenters. The topological polar surface area (TPSA) is 92.7 Å². The Labute approximate surface area is 118 Å². The molecule has 0 aliphatic heterocycles. The summed E-state index contributed by atoms with van der Waals surface area (Å²) in [7, 11) is -2.19. The van der Waals surface area contributed by atoms with Crippen molar-refractivity contribution in [3.63, 3.8) is 0 Å². The van der Waals surface area contributed by atoms with Crippen LogP contribution in [0.5, 0.6) is 5.75 Å². The predicted octanol–water partition coefficient (Wildman–Crippen LogP) is 1.62. The lowest BCUT2D eigenvalue weighted by Crippen LogP contribution is -2.43. The molecule has 20 heavy (non-hydrogen) atoms. The van der Waals surface area contributed by atoms with E-state index in [1.807, 2.05) is 0 Å². The number of carbonyl (C=O) groups is 1. The van der Waals surface area contributed by atoms with Crippen LogP contribution in [0.25, 0.3) is 0 Å². The first kappa shape index (κ1) is 16.5. The van der Waals surface area contributed by atoms with Crippen LogP contribution >= 0.6 is 0 Å². The van der Waals surface area contributed by atoms with Gasteiger partial charge in [-0.15, -0.1) is 0 Å². The molecule has 1 rings (SSSR count). The lowest BCUT2D eigenvalue weighted by molar-refractivity contribution is -0.137. The summed E-state index contributed by atoms with van der Waals surface area (Å²) in [4.78, 5) is 10.7. The maximum absolute atomic E-state index is 12.2. The van der Waals surface area contributed by atoms with Crippen LogP contribution in [-0.2, 0) is 14.8 Å². The standard InChI is InChI=1S/C13H19NO5S/c1-13(2,9-8-12(15)16)14-20(17,18)11-6-4-10(19-3)5-7-11/h4-7,14H,8-9H2,1-3H3,(H,15,16). The van der Waals surface area contributed by atoms with E-state index in [0.717, 1.165) is 0 Å². The van der Waals surface area contributed by atoms with Gasteiger partial charge in [0.25, 0.3) is 0 Å². The van der Waals surface area contributed by atoms with Crippen LogP contribution in [0.4, 0.5) is 0 Å². The molecule has 0 aromatic heterocycles. The summed E-state index contributed by atoms with van der Waals surface area (Å²) >= 11 is 0. The van der Waals surface area contributed by atoms with E-state index in [0.29, 0.717) is 5.75 Å². The maximum atomic E-state index is 12.2. The molecule has 0 saturated carbocycles. The lowest BCUT2D eigenvalue weighted by Gasteiger charge is -2.25. The molecule has 0 aliphatic carbocycles. The van der Waals surface area contributed by atoms with Crippen LogP contribution in [0.15, 0.2) is 29.2 Å². The number of rotatable bonds is 7. The third kappa shape index (κ3) is 4.82. The number of ether oxygens (including phenoxy) is 1. The van der Waals surface area contributed by atoms with E-state index >= 15 is 0 Å². The number of aliphatic carboxylic acids is 1. The van der Waals surface area contributed by atoms with Crippen molar-refractivity contribution in [2.24, 2.45) is 0 Å². The zero-order chi connectivity index (χ0) is 15.4. The second-order valence-electron chi connectivity index (χ2n) is 5.06. The highest BCUT2D eigenvalue weighted by Crippen LogP contribution is 2.19. The van der Waals surface area contributed by atoms with Gasteiger partial charge in [0.1, 0.15) is 5.75 Å². The summed E-state index contributed by atoms with van der Waals surface area (Å²) in [5.41, 5.74) is -0.836. The fraction of sp³-hybridized carbons (Fsp3) is 0.462. The Hall–Kier alpha value is -1.60. The molecule has 0 unspecified atom stereocenters. The van der Waals surface area contributed by atoms with E-state index in [1.165, 1.54) is 19.2 Å². The summed E-state index contributed by atoms with van der Waals surface area (Å²) < 4.78 is 31.9. The van der Waals surface area contributed by atoms with Gasteiger partial charge in [0, 0.05) is 12.0 Å². The van der Waals surface area contributed by atoms with Gasteiger partial charge in [-0.3, -0.25) is 4.79 Å². The van der Waals surface area contributed by atoms with E-state index in [4.69, 9.17) is 9.84 Å². The molecule has 0 heterocycles. The molecule has 0 spiro atoms. The number of carboxylic acid groups (broad SMARTS) is 1. The molecule has 0 aliphatic rings. The molecule has 1 aromatic carbocycles. The zero-order valence-corrected chi connectivity index (χ0v) is 12.5. The Morgan fingerprint density at radius 3 is 2.30 bits per heavy atom. The van der Waals surface area contributed by atoms with Gasteiger partial charge in [-0.1, -0.05) is 0 Å². The Morgan fingerprint density at radius 2 is 1.85 bits per heavy atom. The van der Waals surface area contributed by atoms with Crippen LogP contribution in [0.1, 0.15) is 26.7 Å². The van der Waals surface area contributed by atoms with E-state index in [1.54, 1.807) is 26.0 Å². The molecule has 7 heteroatoms. The Bertz CT molecular complexity index is 563. The third-order valence-corrected chi connectivity index (χ3v) is 4.46. The monoisotopic (exact) mass is 301 g/mol. The number of methoxy groups -OCH3 is 1. The van der Waals surface area contributed by atoms with Crippen molar-refractivity contribution in [3.05, 3.63) is 24.3 Å². The fourth-order valence-electron chi connectivity index (χ4n) is 1.65. The Balaban J connectivity index is 2.84. The molecule has 0 bridgehead atoms. The minimum Gasteiger partial charge on any atom is -0.497 e. The average Bonchev–Trinajstić information content (AvgIpc) is 2.35. The summed E-state index contributed by atoms with van der Waals surface area (Å²) in [6.45, 7) is 3.30. The largest absolute Gasteiger partial charge is 0.497 e. The van der Waals surface area contributed by atoms with Crippen LogP contribution in [0.2, 0.25) is 0 Å². The van der Waals surface area contributed by atoms with Crippen LogP contribution in [0, 0.1) is 0 Å². The van der Waals surface area contributed by atoms with Crippen molar-refractivity contribution in [2.45, 2.75) is 37.1 Å². The molecule has 112 valence electrons. The lowest BCUT2D eigenvalue weighted by atomic mass is 10.0. The molecule has 0 amide bonds. The van der Waals surface area contributed by atoms with Crippen molar-refractivity contribution in [1.29, 1.82) is 0 Å². The van der Waals surface area contributed by atoms with Gasteiger partial charge in [-0.2, -0.15) is 0 Å². The normalized spacial score (nSPS) is 12.2. The second-order valence-corrected chi connectivity index (χ2v) is 6.74. The molecule has 6 nitrogen and oxygen atoms in total. The number of benzene rings is 1. The quantitative estimate of drug-likeness (QED) is 0.798. The number of nitrogens with one attached hydrogen (secondary N) is 1. The van der Waals surface area contributed by atoms with E-state index in [-0.39, 0.29) is 17.7 Å². The van der Waals surface area contributed by atoms with E-state index < -0.39 is 21.5 Å². The third-order valence-electron chi connectivity index (χ3n) is 2.74. The molecule has 0 saturated heterocycles. The summed E-state index contributed by atoms with van der Waals surface area (Å²) in [6.07, 6.45) is 0.107. The number of carboxylic acids is 1. The fourth-order valence-corrected chi connectivity index (χ4v) is 3.09. The summed E-state index contributed by atoms with van der Waals surface area (Å²) in [5.74, 6) is -0.393. The smallest absolute Gasteiger partial charge is 0.303 e. The highest BCUT2D eigenvalue weighted by molar-refractivity contribution is 7.89. The SMILES string of the molecule is COc1ccc(S(=O)(=O)NC(C)(C)CCC(=O)O)cc1. The van der Waals surface area contributed by atoms with Crippen LogP contribution in [0.3, 0.4) is 0 Å². The van der Waals surface area contributed by atoms with Gasteiger partial charge in [0.05, 0.1) is 12.0 Å². The minimum absolute atomic E-state index is 0.0991. The molecule has 1 aromatic rings. The first-order valence-electron chi connectivity index (χ1n) is 6.06. The van der Waals surface area contributed by atoms with Gasteiger partial charge in [-0.25, -0.2) is 13.1 Å². The maximum Gasteiger partial charge on any atom is 0.303 e. The number of hydrogen-bond acceptors (Lipinski definition) is 4. The van der Waals surface area contributed by atoms with Gasteiger partial charge >= 0.3 is 5.97 Å². The summed E-state index contributed by atoms with van der Waals surface area (Å²) in [5, 5.41) is 8.66. The Kier molecular flexibility index (Phi) is 5.13. The van der Waals surface area contributed by atoms with Crippen molar-refractivity contribution in [2.75, 3.05) is 7.11 Å². The molecular weight excluding hydrogens is 282 g/mol. The van der Waals surface area contributed by atoms with Gasteiger partial charge in [0.2, 0.25) is 10.0 Å². The van der Waals surface area contributed by atoms with E-state index in [2.05, 4.69) is 4.72 Å². The zero-order valence-electron chi connectivity index (χ0n) is 11.7. The van der Waals surface area contributed by atoms with Gasteiger partial charge < -0.3 is 9.84 Å². The first-order valence-corrected chi connectivity index (χ1v) is 7.54. The molecular formula is C13H19NO5S. The van der Waals surface area contributed by atoms with Crippen molar-refractivity contribution in [1.82, 2.24) is 4.72 Å². The average molecular weight is 301 g/mol. The van der Waals surface area contributed by atoms with Crippen molar-refractivity contribution >= 4 is 16.0 Å². The molecule has 2 N–H and O–H groups in total. The molecule has 0 fully saturated rings. The minimum atomic E-state index is -3.69. The second kappa shape index (κ2) is 6.23. The highest BCUT2D eigenvalue weighted by Gasteiger charge is 2.26. The van der Waals surface area contributed by atoms with Gasteiger partial charge in [0.15, 0.2) is 0 Å². The van der Waals surface area contributed by atoms with E-state index in [9.17, 15) is 13.2 Å². The first-order chi connectivity index (χ1) is 9.16. The van der Waals surface area contributed by atoms with Crippen molar-refractivity contribution in [3.8, 4) is 5.75 Å².